The molecule has 0 aliphatic heterocycles. The topological polar surface area (TPSA) is 21.7 Å². The van der Waals surface area contributed by atoms with Crippen molar-refractivity contribution in [3.05, 3.63) is 0 Å². The van der Waals surface area contributed by atoms with E-state index in [1.54, 1.807) is 14.2 Å². The molecule has 0 bridgehead atoms. The molecule has 0 heterocycles. The fraction of sp³-hybridized carbons (Fsp3) is 1.00. The van der Waals surface area contributed by atoms with Crippen LogP contribution in [0.5, 0.6) is 0 Å². The van der Waals surface area contributed by atoms with Crippen LogP contribution in [0.3, 0.4) is 0 Å². The number of hydrogen-bond donors (Lipinski definition) is 0. The SMILES string of the molecule is CC[Si](OC)(OC)N(CC(C)C)CC(C)C. The number of hydrogen-bond acceptors (Lipinski definition) is 3. The molecule has 0 radical (unpaired) electrons. The molecular weight excluding hydrogens is 218 g/mol. The van der Waals surface area contributed by atoms with Gasteiger partial charge in [-0.1, -0.05) is 34.6 Å². The molecule has 0 atom stereocenters. The van der Waals surface area contributed by atoms with Crippen molar-refractivity contribution >= 4 is 8.72 Å². The molecule has 0 N–H and O–H groups in total. The second kappa shape index (κ2) is 7.43. The summed E-state index contributed by atoms with van der Waals surface area (Å²) in [6.07, 6.45) is 0. The summed E-state index contributed by atoms with van der Waals surface area (Å²) in [5, 5.41) is 0. The Morgan fingerprint density at radius 3 is 1.50 bits per heavy atom. The Hall–Kier alpha value is 0.0969. The first kappa shape index (κ1) is 16.1. The van der Waals surface area contributed by atoms with E-state index in [1.807, 2.05) is 0 Å². The zero-order valence-electron chi connectivity index (χ0n) is 12.0. The molecule has 3 nitrogen and oxygen atoms in total. The second-order valence-electron chi connectivity index (χ2n) is 5.17. The average Bonchev–Trinajstić information content (AvgIpc) is 2.19. The monoisotopic (exact) mass is 247 g/mol. The van der Waals surface area contributed by atoms with Crippen LogP contribution in [0, 0.1) is 11.8 Å². The molecule has 0 aromatic rings. The van der Waals surface area contributed by atoms with Gasteiger partial charge < -0.3 is 8.85 Å². The van der Waals surface area contributed by atoms with Crippen LogP contribution in [0.25, 0.3) is 0 Å². The van der Waals surface area contributed by atoms with Gasteiger partial charge >= 0.3 is 8.72 Å². The van der Waals surface area contributed by atoms with Gasteiger partial charge in [-0.2, -0.15) is 0 Å². The third-order valence-corrected chi connectivity index (χ3v) is 6.24. The highest BCUT2D eigenvalue weighted by molar-refractivity contribution is 6.64. The first-order valence-electron chi connectivity index (χ1n) is 6.27. The minimum Gasteiger partial charge on any atom is -0.386 e. The lowest BCUT2D eigenvalue weighted by atomic mass is 10.2. The third-order valence-electron chi connectivity index (χ3n) is 2.74. The summed E-state index contributed by atoms with van der Waals surface area (Å²) >= 11 is 0. The zero-order chi connectivity index (χ0) is 12.8. The molecule has 0 aliphatic rings. The Kier molecular flexibility index (Phi) is 7.47. The van der Waals surface area contributed by atoms with Crippen LogP contribution in [0.15, 0.2) is 0 Å². The maximum absolute atomic E-state index is 5.74. The van der Waals surface area contributed by atoms with Crippen molar-refractivity contribution in [3.63, 3.8) is 0 Å². The standard InChI is InChI=1S/C12H29NO2Si/c1-8-16(14-6,15-7)13(9-11(2)3)10-12(4)5/h11-12H,8-10H2,1-7H3. The van der Waals surface area contributed by atoms with Crippen LogP contribution in [0.4, 0.5) is 0 Å². The lowest BCUT2D eigenvalue weighted by Crippen LogP contribution is -2.59. The first-order valence-corrected chi connectivity index (χ1v) is 8.24. The van der Waals surface area contributed by atoms with E-state index in [2.05, 4.69) is 39.2 Å². The molecule has 98 valence electrons. The van der Waals surface area contributed by atoms with Gasteiger partial charge in [-0.25, -0.2) is 0 Å². The van der Waals surface area contributed by atoms with Crippen LogP contribution < -0.4 is 0 Å². The van der Waals surface area contributed by atoms with Gasteiger partial charge in [-0.05, 0) is 24.9 Å². The van der Waals surface area contributed by atoms with E-state index in [9.17, 15) is 0 Å². The summed E-state index contributed by atoms with van der Waals surface area (Å²) in [6.45, 7) is 13.2. The van der Waals surface area contributed by atoms with Gasteiger partial charge in [0.15, 0.2) is 0 Å². The van der Waals surface area contributed by atoms with Gasteiger partial charge in [-0.15, -0.1) is 0 Å². The first-order chi connectivity index (χ1) is 7.41. The highest BCUT2D eigenvalue weighted by Crippen LogP contribution is 2.20. The number of nitrogens with zero attached hydrogens (tertiary/aromatic N) is 1. The van der Waals surface area contributed by atoms with E-state index in [1.165, 1.54) is 0 Å². The summed E-state index contributed by atoms with van der Waals surface area (Å²) in [7, 11) is 1.43. The Morgan fingerprint density at radius 1 is 0.938 bits per heavy atom. The van der Waals surface area contributed by atoms with Crippen LogP contribution in [0.2, 0.25) is 6.04 Å². The van der Waals surface area contributed by atoms with Crippen molar-refractivity contribution in [2.24, 2.45) is 11.8 Å². The van der Waals surface area contributed by atoms with E-state index in [0.717, 1.165) is 19.1 Å². The summed E-state index contributed by atoms with van der Waals surface area (Å²) in [5.41, 5.74) is 0. The van der Waals surface area contributed by atoms with E-state index in [0.29, 0.717) is 11.8 Å². The molecule has 0 rings (SSSR count). The molecule has 0 aromatic carbocycles. The van der Waals surface area contributed by atoms with Gasteiger partial charge in [0.05, 0.1) is 0 Å². The van der Waals surface area contributed by atoms with Gasteiger partial charge in [0, 0.05) is 20.3 Å². The maximum Gasteiger partial charge on any atom is 0.426 e. The van der Waals surface area contributed by atoms with E-state index < -0.39 is 8.72 Å². The van der Waals surface area contributed by atoms with Crippen molar-refractivity contribution in [2.75, 3.05) is 27.3 Å². The summed E-state index contributed by atoms with van der Waals surface area (Å²) < 4.78 is 13.9. The van der Waals surface area contributed by atoms with Crippen LogP contribution in [-0.2, 0) is 8.85 Å². The highest BCUT2D eigenvalue weighted by atomic mass is 28.4. The Balaban J connectivity index is 4.80. The minimum atomic E-state index is -2.14. The molecule has 0 spiro atoms. The van der Waals surface area contributed by atoms with Crippen molar-refractivity contribution in [3.8, 4) is 0 Å². The lowest BCUT2D eigenvalue weighted by molar-refractivity contribution is 0.146. The largest absolute Gasteiger partial charge is 0.426 e. The summed E-state index contributed by atoms with van der Waals surface area (Å²) in [4.78, 5) is 0. The Labute approximate surface area is 102 Å². The summed E-state index contributed by atoms with van der Waals surface area (Å²) in [5.74, 6) is 1.28. The maximum atomic E-state index is 5.74. The predicted octanol–water partition coefficient (Wildman–Crippen LogP) is 2.85. The minimum absolute atomic E-state index is 0.641. The highest BCUT2D eigenvalue weighted by Gasteiger charge is 2.41. The molecule has 0 saturated heterocycles. The molecule has 0 unspecified atom stereocenters. The molecule has 16 heavy (non-hydrogen) atoms. The van der Waals surface area contributed by atoms with E-state index in [-0.39, 0.29) is 0 Å². The van der Waals surface area contributed by atoms with E-state index in [4.69, 9.17) is 8.85 Å². The van der Waals surface area contributed by atoms with Gasteiger partial charge in [0.2, 0.25) is 0 Å². The Morgan fingerprint density at radius 2 is 1.31 bits per heavy atom. The molecule has 0 aliphatic carbocycles. The molecular formula is C12H29NO2Si. The number of rotatable bonds is 8. The predicted molar refractivity (Wildman–Crippen MR) is 71.5 cm³/mol. The zero-order valence-corrected chi connectivity index (χ0v) is 13.0. The fourth-order valence-electron chi connectivity index (χ4n) is 2.09. The van der Waals surface area contributed by atoms with Crippen molar-refractivity contribution in [1.82, 2.24) is 4.57 Å². The fourth-order valence-corrected chi connectivity index (χ4v) is 5.08. The van der Waals surface area contributed by atoms with Crippen LogP contribution in [-0.4, -0.2) is 40.6 Å². The smallest absolute Gasteiger partial charge is 0.386 e. The molecule has 0 fully saturated rings. The van der Waals surface area contributed by atoms with Gasteiger partial charge in [0.25, 0.3) is 0 Å². The average molecular weight is 247 g/mol. The summed E-state index contributed by atoms with van der Waals surface area (Å²) in [6, 6.07) is 0.972. The normalized spacial score (nSPS) is 13.1. The van der Waals surface area contributed by atoms with E-state index >= 15 is 0 Å². The van der Waals surface area contributed by atoms with Crippen molar-refractivity contribution in [1.29, 1.82) is 0 Å². The van der Waals surface area contributed by atoms with Crippen molar-refractivity contribution < 1.29 is 8.85 Å². The van der Waals surface area contributed by atoms with Crippen LogP contribution >= 0.6 is 0 Å². The lowest BCUT2D eigenvalue weighted by Gasteiger charge is -2.39. The molecule has 0 aromatic heterocycles. The van der Waals surface area contributed by atoms with Crippen LogP contribution in [0.1, 0.15) is 34.6 Å². The Bertz CT molecular complexity index is 164. The third kappa shape index (κ3) is 4.53. The quantitative estimate of drug-likeness (QED) is 0.616. The molecule has 4 heteroatoms. The van der Waals surface area contributed by atoms with Crippen molar-refractivity contribution in [2.45, 2.75) is 40.7 Å². The van der Waals surface area contributed by atoms with Gasteiger partial charge in [-0.3, -0.25) is 4.57 Å². The second-order valence-corrected chi connectivity index (χ2v) is 8.75. The molecule has 0 saturated carbocycles. The van der Waals surface area contributed by atoms with Gasteiger partial charge in [0.1, 0.15) is 0 Å². The molecule has 0 amide bonds.